The van der Waals surface area contributed by atoms with E-state index in [-0.39, 0.29) is 18.5 Å². The number of carbonyl (C=O) groups is 2. The van der Waals surface area contributed by atoms with Gasteiger partial charge in [0, 0.05) is 24.6 Å². The number of rotatable bonds is 6. The van der Waals surface area contributed by atoms with Gasteiger partial charge in [0.2, 0.25) is 0 Å². The molecule has 0 aromatic heterocycles. The van der Waals surface area contributed by atoms with Gasteiger partial charge < -0.3 is 15.7 Å². The van der Waals surface area contributed by atoms with Crippen LogP contribution in [0.4, 0.5) is 13.6 Å². The number of hydrogen-bond donors (Lipinski definition) is 3. The zero-order valence-electron chi connectivity index (χ0n) is 13.5. The largest absolute Gasteiger partial charge is 0.481 e. The first-order valence-electron chi connectivity index (χ1n) is 7.32. The number of carboxylic acid groups (broad SMARTS) is 1. The van der Waals surface area contributed by atoms with Crippen LogP contribution >= 0.6 is 0 Å². The molecule has 0 saturated heterocycles. The first kappa shape index (κ1) is 18.9. The molecule has 0 heterocycles. The van der Waals surface area contributed by atoms with Crippen molar-refractivity contribution in [2.45, 2.75) is 39.7 Å². The number of carboxylic acids is 1. The van der Waals surface area contributed by atoms with E-state index in [4.69, 9.17) is 5.11 Å². The molecule has 2 amide bonds. The lowest BCUT2D eigenvalue weighted by Gasteiger charge is -2.32. The van der Waals surface area contributed by atoms with Crippen molar-refractivity contribution in [3.8, 4) is 0 Å². The van der Waals surface area contributed by atoms with E-state index in [0.717, 1.165) is 12.1 Å². The van der Waals surface area contributed by atoms with Gasteiger partial charge in [-0.1, -0.05) is 26.8 Å². The topological polar surface area (TPSA) is 78.4 Å². The Kier molecular flexibility index (Phi) is 6.48. The fraction of sp³-hybridized carbons (Fsp3) is 0.500. The summed E-state index contributed by atoms with van der Waals surface area (Å²) in [6.07, 6.45) is 0.253. The Labute approximate surface area is 134 Å². The van der Waals surface area contributed by atoms with Crippen LogP contribution in [0.2, 0.25) is 0 Å². The van der Waals surface area contributed by atoms with Crippen LogP contribution in [0.25, 0.3) is 0 Å². The van der Waals surface area contributed by atoms with Gasteiger partial charge in [0.15, 0.2) is 0 Å². The highest BCUT2D eigenvalue weighted by molar-refractivity contribution is 5.74. The third-order valence-electron chi connectivity index (χ3n) is 3.27. The molecule has 0 aliphatic heterocycles. The van der Waals surface area contributed by atoms with Gasteiger partial charge in [0.1, 0.15) is 11.6 Å². The summed E-state index contributed by atoms with van der Waals surface area (Å²) in [5.74, 6) is -2.35. The molecule has 0 fully saturated rings. The zero-order valence-corrected chi connectivity index (χ0v) is 13.5. The van der Waals surface area contributed by atoms with Crippen molar-refractivity contribution in [3.05, 3.63) is 35.4 Å². The maximum absolute atomic E-state index is 14.0. The minimum Gasteiger partial charge on any atom is -0.481 e. The number of hydrogen-bond acceptors (Lipinski definition) is 2. The fourth-order valence-electron chi connectivity index (χ4n) is 2.12. The van der Waals surface area contributed by atoms with Crippen molar-refractivity contribution in [1.82, 2.24) is 10.6 Å². The number of halogens is 2. The van der Waals surface area contributed by atoms with Crippen LogP contribution in [0, 0.1) is 17.0 Å². The summed E-state index contributed by atoms with van der Waals surface area (Å²) in [6, 6.07) is 2.04. The summed E-state index contributed by atoms with van der Waals surface area (Å²) >= 11 is 0. The molecular formula is C16H22F2N2O3. The number of urea groups is 1. The SMILES string of the molecule is CC(C)(C)C(NC(=O)NCCCC(=O)O)c1ccc(F)cc1F. The van der Waals surface area contributed by atoms with Crippen LogP contribution in [-0.4, -0.2) is 23.7 Å². The standard InChI is InChI=1S/C16H22F2N2O3/c1-16(2,3)14(11-7-6-10(17)9-12(11)18)20-15(23)19-8-4-5-13(21)22/h6-7,9,14H,4-5,8H2,1-3H3,(H,21,22)(H2,19,20,23). The summed E-state index contributed by atoms with van der Waals surface area (Å²) in [6.45, 7) is 5.67. The highest BCUT2D eigenvalue weighted by Gasteiger charge is 2.30. The van der Waals surface area contributed by atoms with E-state index in [1.165, 1.54) is 6.07 Å². The van der Waals surface area contributed by atoms with E-state index >= 15 is 0 Å². The predicted molar refractivity (Wildman–Crippen MR) is 82.0 cm³/mol. The minimum absolute atomic E-state index is 0.0461. The minimum atomic E-state index is -0.937. The van der Waals surface area contributed by atoms with Crippen molar-refractivity contribution in [3.63, 3.8) is 0 Å². The number of benzene rings is 1. The van der Waals surface area contributed by atoms with Gasteiger partial charge in [0.25, 0.3) is 0 Å². The van der Waals surface area contributed by atoms with Crippen LogP contribution in [0.5, 0.6) is 0 Å². The van der Waals surface area contributed by atoms with E-state index in [1.54, 1.807) is 0 Å². The van der Waals surface area contributed by atoms with Gasteiger partial charge in [-0.25, -0.2) is 13.6 Å². The molecule has 1 unspecified atom stereocenters. The lowest BCUT2D eigenvalue weighted by molar-refractivity contribution is -0.137. The lowest BCUT2D eigenvalue weighted by atomic mass is 9.82. The molecule has 23 heavy (non-hydrogen) atoms. The van der Waals surface area contributed by atoms with Crippen molar-refractivity contribution >= 4 is 12.0 Å². The molecule has 3 N–H and O–H groups in total. The average molecular weight is 328 g/mol. The molecule has 0 aliphatic rings. The number of aliphatic carboxylic acids is 1. The molecule has 128 valence electrons. The molecule has 0 saturated carbocycles. The first-order chi connectivity index (χ1) is 10.6. The van der Waals surface area contributed by atoms with Gasteiger partial charge >= 0.3 is 12.0 Å². The summed E-state index contributed by atoms with van der Waals surface area (Å²) < 4.78 is 27.1. The quantitative estimate of drug-likeness (QED) is 0.702. The van der Waals surface area contributed by atoms with E-state index in [2.05, 4.69) is 10.6 Å². The molecule has 0 aliphatic carbocycles. The van der Waals surface area contributed by atoms with Gasteiger partial charge in [-0.05, 0) is 17.9 Å². The number of nitrogens with one attached hydrogen (secondary N) is 2. The van der Waals surface area contributed by atoms with Crippen molar-refractivity contribution in [1.29, 1.82) is 0 Å². The smallest absolute Gasteiger partial charge is 0.315 e. The molecule has 1 aromatic carbocycles. The van der Waals surface area contributed by atoms with Gasteiger partial charge in [-0.15, -0.1) is 0 Å². The highest BCUT2D eigenvalue weighted by atomic mass is 19.1. The second kappa shape index (κ2) is 7.89. The average Bonchev–Trinajstić information content (AvgIpc) is 2.40. The molecule has 1 atom stereocenters. The van der Waals surface area contributed by atoms with Gasteiger partial charge in [-0.2, -0.15) is 0 Å². The van der Waals surface area contributed by atoms with Crippen LogP contribution in [-0.2, 0) is 4.79 Å². The van der Waals surface area contributed by atoms with Gasteiger partial charge in [0.05, 0.1) is 6.04 Å². The van der Waals surface area contributed by atoms with Crippen LogP contribution in [0.1, 0.15) is 45.2 Å². The van der Waals surface area contributed by atoms with Crippen molar-refractivity contribution in [2.24, 2.45) is 5.41 Å². The summed E-state index contributed by atoms with van der Waals surface area (Å²) in [4.78, 5) is 22.3. The Balaban J connectivity index is 2.76. The normalized spacial score (nSPS) is 12.6. The molecule has 7 heteroatoms. The molecule has 0 radical (unpaired) electrons. The Bertz CT molecular complexity index is 571. The Morgan fingerprint density at radius 3 is 2.43 bits per heavy atom. The van der Waals surface area contributed by atoms with Crippen LogP contribution < -0.4 is 10.6 Å². The monoisotopic (exact) mass is 328 g/mol. The maximum Gasteiger partial charge on any atom is 0.315 e. The summed E-state index contributed by atoms with van der Waals surface area (Å²) in [5, 5.41) is 13.7. The summed E-state index contributed by atoms with van der Waals surface area (Å²) in [5.41, 5.74) is -0.309. The van der Waals surface area contributed by atoms with E-state index in [9.17, 15) is 18.4 Å². The maximum atomic E-state index is 14.0. The van der Waals surface area contributed by atoms with Crippen molar-refractivity contribution in [2.75, 3.05) is 6.54 Å². The zero-order chi connectivity index (χ0) is 17.6. The first-order valence-corrected chi connectivity index (χ1v) is 7.32. The molecule has 0 spiro atoms. The second-order valence-electron chi connectivity index (χ2n) is 6.36. The van der Waals surface area contributed by atoms with Crippen molar-refractivity contribution < 1.29 is 23.5 Å². The van der Waals surface area contributed by atoms with E-state index in [1.807, 2.05) is 20.8 Å². The van der Waals surface area contributed by atoms with E-state index in [0.29, 0.717) is 6.42 Å². The second-order valence-corrected chi connectivity index (χ2v) is 6.36. The predicted octanol–water partition coefficient (Wildman–Crippen LogP) is 3.22. The molecule has 0 bridgehead atoms. The molecule has 1 rings (SSSR count). The molecule has 1 aromatic rings. The van der Waals surface area contributed by atoms with Crippen LogP contribution in [0.15, 0.2) is 18.2 Å². The Morgan fingerprint density at radius 1 is 1.26 bits per heavy atom. The fourth-order valence-corrected chi connectivity index (χ4v) is 2.12. The third kappa shape index (κ3) is 6.22. The summed E-state index contributed by atoms with van der Waals surface area (Å²) in [7, 11) is 0. The highest BCUT2D eigenvalue weighted by Crippen LogP contribution is 2.34. The van der Waals surface area contributed by atoms with E-state index < -0.39 is 35.1 Å². The molecular weight excluding hydrogens is 306 g/mol. The Morgan fingerprint density at radius 2 is 1.91 bits per heavy atom. The number of carbonyl (C=O) groups excluding carboxylic acids is 1. The lowest BCUT2D eigenvalue weighted by Crippen LogP contribution is -2.43. The third-order valence-corrected chi connectivity index (χ3v) is 3.27. The number of amides is 2. The van der Waals surface area contributed by atoms with Gasteiger partial charge in [-0.3, -0.25) is 4.79 Å². The Hall–Kier alpha value is -2.18. The van der Waals surface area contributed by atoms with Crippen LogP contribution in [0.3, 0.4) is 0 Å². The molecule has 5 nitrogen and oxygen atoms in total.